The lowest BCUT2D eigenvalue weighted by atomic mass is 10.2. The fraction of sp³-hybridized carbons (Fsp3) is 0.250. The Hall–Kier alpha value is -1.18. The van der Waals surface area contributed by atoms with Crippen LogP contribution in [0.25, 0.3) is 0 Å². The summed E-state index contributed by atoms with van der Waals surface area (Å²) in [7, 11) is 0. The van der Waals surface area contributed by atoms with E-state index in [-0.39, 0.29) is 5.78 Å². The molecule has 0 radical (unpaired) electrons. The van der Waals surface area contributed by atoms with Crippen LogP contribution in [-0.2, 0) is 6.42 Å². The van der Waals surface area contributed by atoms with Gasteiger partial charge in [-0.25, -0.2) is 4.42 Å². The van der Waals surface area contributed by atoms with Crippen LogP contribution >= 0.6 is 0 Å². The quantitative estimate of drug-likeness (QED) is 0.506. The van der Waals surface area contributed by atoms with Gasteiger partial charge in [0, 0.05) is 12.5 Å². The molecule has 0 spiro atoms. The molecule has 0 amide bonds. The van der Waals surface area contributed by atoms with Gasteiger partial charge in [0.1, 0.15) is 5.56 Å². The second-order valence-electron chi connectivity index (χ2n) is 2.37. The van der Waals surface area contributed by atoms with Crippen LogP contribution in [0.1, 0.15) is 22.5 Å². The van der Waals surface area contributed by atoms with E-state index >= 15 is 0 Å². The first-order valence-electron chi connectivity index (χ1n) is 3.31. The van der Waals surface area contributed by atoms with E-state index < -0.39 is 0 Å². The Morgan fingerprint density at radius 1 is 1.40 bits per heavy atom. The Morgan fingerprint density at radius 3 is 3.10 bits per heavy atom. The van der Waals surface area contributed by atoms with Gasteiger partial charge in [-0.3, -0.25) is 4.79 Å². The lowest BCUT2D eigenvalue weighted by molar-refractivity contribution is 0.0994. The summed E-state index contributed by atoms with van der Waals surface area (Å²) in [6.45, 7) is 0. The first kappa shape index (κ1) is 5.59. The molecule has 0 aromatic carbocycles. The van der Waals surface area contributed by atoms with Gasteiger partial charge in [-0.1, -0.05) is 0 Å². The normalized spacial score (nSPS) is 15.4. The molecule has 1 heterocycles. The minimum Gasteiger partial charge on any atom is -0.294 e. The molecular formula is C8H7O2+. The van der Waals surface area contributed by atoms with Crippen LogP contribution in [0.2, 0.25) is 0 Å². The largest absolute Gasteiger partial charge is 0.340 e. The van der Waals surface area contributed by atoms with Crippen LogP contribution in [0.5, 0.6) is 0 Å². The van der Waals surface area contributed by atoms with Crippen LogP contribution in [0.3, 0.4) is 0 Å². The van der Waals surface area contributed by atoms with Gasteiger partial charge in [0.25, 0.3) is 0 Å². The average molecular weight is 135 g/mol. The molecule has 0 fully saturated rings. The van der Waals surface area contributed by atoms with Crippen molar-refractivity contribution in [2.24, 2.45) is 0 Å². The molecule has 0 saturated heterocycles. The molecule has 0 N–H and O–H groups in total. The zero-order valence-corrected chi connectivity index (χ0v) is 5.46. The first-order valence-corrected chi connectivity index (χ1v) is 3.31. The third-order valence-electron chi connectivity index (χ3n) is 1.73. The molecule has 2 heteroatoms. The molecule has 0 unspecified atom stereocenters. The van der Waals surface area contributed by atoms with Crippen molar-refractivity contribution in [2.75, 3.05) is 0 Å². The molecule has 1 aliphatic carbocycles. The summed E-state index contributed by atoms with van der Waals surface area (Å²) in [5.41, 5.74) is 0.766. The maximum Gasteiger partial charge on any atom is 0.340 e. The smallest absolute Gasteiger partial charge is 0.294 e. The number of aryl methyl sites for hydroxylation is 1. The zero-order valence-electron chi connectivity index (χ0n) is 5.46. The van der Waals surface area contributed by atoms with Gasteiger partial charge in [0.2, 0.25) is 0 Å². The molecular weight excluding hydrogens is 128 g/mol. The van der Waals surface area contributed by atoms with E-state index in [0.29, 0.717) is 6.42 Å². The second kappa shape index (κ2) is 1.90. The van der Waals surface area contributed by atoms with Crippen molar-refractivity contribution in [3.63, 3.8) is 0 Å². The fourth-order valence-electron chi connectivity index (χ4n) is 1.22. The lowest BCUT2D eigenvalue weighted by Crippen LogP contribution is -1.88. The average Bonchev–Trinajstić information content (AvgIpc) is 2.34. The molecule has 1 aromatic rings. The number of Topliss-reactive ketones (excluding diaryl/α,β-unsaturated/α-hetero) is 1. The summed E-state index contributed by atoms with van der Waals surface area (Å²) in [6, 6.07) is 3.57. The summed E-state index contributed by atoms with van der Waals surface area (Å²) < 4.78 is 5.12. The van der Waals surface area contributed by atoms with Crippen LogP contribution in [0.15, 0.2) is 22.8 Å². The Labute approximate surface area is 58.5 Å². The van der Waals surface area contributed by atoms with E-state index in [9.17, 15) is 4.79 Å². The van der Waals surface area contributed by atoms with E-state index in [1.807, 2.05) is 6.07 Å². The molecule has 0 bridgehead atoms. The molecule has 0 aliphatic heterocycles. The van der Waals surface area contributed by atoms with Crippen molar-refractivity contribution >= 4 is 5.78 Å². The highest BCUT2D eigenvalue weighted by Crippen LogP contribution is 2.20. The number of rotatable bonds is 0. The number of carbonyl (C=O) groups is 1. The highest BCUT2D eigenvalue weighted by Gasteiger charge is 2.28. The predicted molar refractivity (Wildman–Crippen MR) is 35.8 cm³/mol. The van der Waals surface area contributed by atoms with Crippen LogP contribution in [0.4, 0.5) is 0 Å². The van der Waals surface area contributed by atoms with Gasteiger partial charge in [0.15, 0.2) is 5.78 Å². The van der Waals surface area contributed by atoms with Crippen LogP contribution < -0.4 is 0 Å². The molecule has 1 aliphatic rings. The van der Waals surface area contributed by atoms with E-state index in [2.05, 4.69) is 0 Å². The summed E-state index contributed by atoms with van der Waals surface area (Å²) >= 11 is 0. The minimum atomic E-state index is 0.208. The molecule has 0 saturated carbocycles. The van der Waals surface area contributed by atoms with Crippen molar-refractivity contribution in [3.8, 4) is 0 Å². The highest BCUT2D eigenvalue weighted by molar-refractivity contribution is 5.99. The van der Waals surface area contributed by atoms with Crippen molar-refractivity contribution in [1.29, 1.82) is 0 Å². The topological polar surface area (TPSA) is 28.4 Å². The number of hydrogen-bond donors (Lipinski definition) is 0. The molecule has 2 nitrogen and oxygen atoms in total. The summed E-state index contributed by atoms with van der Waals surface area (Å²) in [5.74, 6) is 1.05. The van der Waals surface area contributed by atoms with E-state index in [1.165, 1.54) is 0 Å². The molecule has 10 heavy (non-hydrogen) atoms. The fourth-order valence-corrected chi connectivity index (χ4v) is 1.22. The molecule has 1 aromatic heterocycles. The van der Waals surface area contributed by atoms with Gasteiger partial charge < -0.3 is 0 Å². The second-order valence-corrected chi connectivity index (χ2v) is 2.37. The van der Waals surface area contributed by atoms with Gasteiger partial charge in [-0.2, -0.15) is 0 Å². The van der Waals surface area contributed by atoms with Gasteiger partial charge >= 0.3 is 12.0 Å². The number of hydrogen-bond acceptors (Lipinski definition) is 1. The minimum absolute atomic E-state index is 0.208. The van der Waals surface area contributed by atoms with Gasteiger partial charge in [-0.05, 0) is 6.07 Å². The van der Waals surface area contributed by atoms with Crippen molar-refractivity contribution in [2.45, 2.75) is 12.8 Å². The maximum absolute atomic E-state index is 11.0. The zero-order chi connectivity index (χ0) is 6.97. The summed E-state index contributed by atoms with van der Waals surface area (Å²) in [6.07, 6.45) is 3.00. The highest BCUT2D eigenvalue weighted by atomic mass is 16.3. The SMILES string of the molecule is O=C1CCc2[o+]cccc21. The first-order chi connectivity index (χ1) is 4.88. The predicted octanol–water partition coefficient (Wildman–Crippen LogP) is 1.69. The monoisotopic (exact) mass is 135 g/mol. The van der Waals surface area contributed by atoms with Crippen molar-refractivity contribution in [1.82, 2.24) is 0 Å². The molecule has 2 rings (SSSR count). The van der Waals surface area contributed by atoms with E-state index in [4.69, 9.17) is 4.42 Å². The Kier molecular flexibility index (Phi) is 1.07. The number of carbonyl (C=O) groups excluding carboxylic acids is 1. The van der Waals surface area contributed by atoms with Crippen molar-refractivity contribution in [3.05, 3.63) is 29.7 Å². The van der Waals surface area contributed by atoms with E-state index in [1.54, 1.807) is 12.3 Å². The number of ketones is 1. The summed E-state index contributed by atoms with van der Waals surface area (Å²) in [5, 5.41) is 0. The lowest BCUT2D eigenvalue weighted by Gasteiger charge is -1.80. The molecule has 0 atom stereocenters. The van der Waals surface area contributed by atoms with Crippen LogP contribution in [0, 0.1) is 0 Å². The molecule has 50 valence electrons. The van der Waals surface area contributed by atoms with Gasteiger partial charge in [0.05, 0.1) is 6.42 Å². The summed E-state index contributed by atoms with van der Waals surface area (Å²) in [4.78, 5) is 11.0. The van der Waals surface area contributed by atoms with Crippen molar-refractivity contribution < 1.29 is 9.21 Å². The standard InChI is InChI=1S/C8H7O2/c9-7-3-4-8-6(7)2-1-5-10-8/h1-2,5H,3-4H2/q+1. The Balaban J connectivity index is 2.61. The van der Waals surface area contributed by atoms with Crippen LogP contribution in [-0.4, -0.2) is 5.78 Å². The third kappa shape index (κ3) is 0.652. The van der Waals surface area contributed by atoms with Gasteiger partial charge in [-0.15, -0.1) is 0 Å². The Morgan fingerprint density at radius 2 is 2.30 bits per heavy atom. The maximum atomic E-state index is 11.0. The Bertz CT molecular complexity index is 278. The van der Waals surface area contributed by atoms with E-state index in [0.717, 1.165) is 17.7 Å². The third-order valence-corrected chi connectivity index (χ3v) is 1.73. The number of fused-ring (bicyclic) bond motifs is 1.